The summed E-state index contributed by atoms with van der Waals surface area (Å²) in [6.07, 6.45) is 6.06. The van der Waals surface area contributed by atoms with Crippen LogP contribution in [0.15, 0.2) is 56.1 Å². The van der Waals surface area contributed by atoms with E-state index in [1.807, 2.05) is 30.3 Å². The van der Waals surface area contributed by atoms with Crippen molar-refractivity contribution in [3.8, 4) is 0 Å². The quantitative estimate of drug-likeness (QED) is 0.285. The summed E-state index contributed by atoms with van der Waals surface area (Å²) in [7, 11) is 1.78. The zero-order valence-corrected chi connectivity index (χ0v) is 22.1. The van der Waals surface area contributed by atoms with Crippen molar-refractivity contribution < 1.29 is 9.21 Å². The SMILES string of the molecule is Cn1c(CCCC(=O)Nc2ncc(SCc3ncc(CC(C)(C)C)o3)s2)cc2ccccc2c1=O. The molecule has 1 N–H and O–H groups in total. The molecule has 0 spiro atoms. The second-order valence-corrected chi connectivity index (χ2v) is 12.0. The zero-order chi connectivity index (χ0) is 25.0. The Balaban J connectivity index is 1.25. The summed E-state index contributed by atoms with van der Waals surface area (Å²) < 4.78 is 8.49. The van der Waals surface area contributed by atoms with Gasteiger partial charge in [0.25, 0.3) is 5.56 Å². The lowest BCUT2D eigenvalue weighted by Crippen LogP contribution is -2.20. The number of aryl methyl sites for hydroxylation is 1. The third kappa shape index (κ3) is 6.82. The van der Waals surface area contributed by atoms with Crippen molar-refractivity contribution in [2.24, 2.45) is 12.5 Å². The third-order valence-corrected chi connectivity index (χ3v) is 7.55. The van der Waals surface area contributed by atoms with Crippen LogP contribution >= 0.6 is 23.1 Å². The first kappa shape index (κ1) is 25.2. The smallest absolute Gasteiger partial charge is 0.258 e. The number of thioether (sulfide) groups is 1. The number of anilines is 1. The van der Waals surface area contributed by atoms with E-state index in [2.05, 4.69) is 36.1 Å². The summed E-state index contributed by atoms with van der Waals surface area (Å²) in [5.41, 5.74) is 1.07. The number of hydrogen-bond donors (Lipinski definition) is 1. The molecule has 0 fully saturated rings. The Morgan fingerprint density at radius 3 is 2.80 bits per heavy atom. The topological polar surface area (TPSA) is 90.0 Å². The molecule has 0 aliphatic rings. The van der Waals surface area contributed by atoms with Gasteiger partial charge in [0.05, 0.1) is 22.4 Å². The van der Waals surface area contributed by atoms with E-state index < -0.39 is 0 Å². The van der Waals surface area contributed by atoms with Crippen molar-refractivity contribution in [3.63, 3.8) is 0 Å². The summed E-state index contributed by atoms with van der Waals surface area (Å²) in [5, 5.41) is 5.10. The highest BCUT2D eigenvalue weighted by Crippen LogP contribution is 2.31. The maximum Gasteiger partial charge on any atom is 0.258 e. The Hall–Kier alpha value is -2.91. The molecule has 4 rings (SSSR count). The van der Waals surface area contributed by atoms with Gasteiger partial charge in [0, 0.05) is 31.0 Å². The second-order valence-electron chi connectivity index (χ2n) is 9.72. The van der Waals surface area contributed by atoms with E-state index in [4.69, 9.17) is 4.42 Å². The minimum atomic E-state index is -0.0822. The molecule has 4 aromatic rings. The van der Waals surface area contributed by atoms with Crippen LogP contribution in [0.2, 0.25) is 0 Å². The Morgan fingerprint density at radius 1 is 1.20 bits per heavy atom. The molecule has 0 saturated carbocycles. The Bertz CT molecular complexity index is 1380. The van der Waals surface area contributed by atoms with Crippen LogP contribution in [0.5, 0.6) is 0 Å². The van der Waals surface area contributed by atoms with Gasteiger partial charge < -0.3 is 14.3 Å². The van der Waals surface area contributed by atoms with E-state index >= 15 is 0 Å². The lowest BCUT2D eigenvalue weighted by Gasteiger charge is -2.15. The molecule has 0 atom stereocenters. The molecule has 1 aromatic carbocycles. The summed E-state index contributed by atoms with van der Waals surface area (Å²) >= 11 is 3.03. The molecule has 0 radical (unpaired) electrons. The van der Waals surface area contributed by atoms with Gasteiger partial charge in [0.2, 0.25) is 11.8 Å². The van der Waals surface area contributed by atoms with Crippen molar-refractivity contribution in [2.45, 2.75) is 56.4 Å². The molecule has 7 nitrogen and oxygen atoms in total. The van der Waals surface area contributed by atoms with Crippen LogP contribution in [0.25, 0.3) is 10.8 Å². The van der Waals surface area contributed by atoms with E-state index in [9.17, 15) is 9.59 Å². The van der Waals surface area contributed by atoms with Gasteiger partial charge in [-0.2, -0.15) is 0 Å². The van der Waals surface area contributed by atoms with E-state index in [0.29, 0.717) is 41.4 Å². The van der Waals surface area contributed by atoms with Crippen molar-refractivity contribution in [3.05, 3.63) is 70.4 Å². The minimum absolute atomic E-state index is 0.00876. The van der Waals surface area contributed by atoms with Crippen LogP contribution in [0.3, 0.4) is 0 Å². The molecule has 0 saturated heterocycles. The molecule has 0 bridgehead atoms. The van der Waals surface area contributed by atoms with Gasteiger partial charge in [0.15, 0.2) is 5.13 Å². The van der Waals surface area contributed by atoms with E-state index in [-0.39, 0.29) is 16.9 Å². The molecule has 9 heteroatoms. The van der Waals surface area contributed by atoms with Gasteiger partial charge in [-0.15, -0.1) is 11.8 Å². The highest BCUT2D eigenvalue weighted by Gasteiger charge is 2.15. The maximum atomic E-state index is 12.6. The fourth-order valence-corrected chi connectivity index (χ4v) is 5.53. The standard InChI is InChI=1S/C26H30N4O3S2/c1-26(2,3)13-19-14-27-22(33-19)16-34-23-15-28-25(35-23)29-21(31)11-7-9-18-12-17-8-5-6-10-20(17)24(32)30(18)4/h5-6,8,10,12,14-15H,7,9,11,13,16H2,1-4H3,(H,28,29,31). The molecule has 0 unspecified atom stereocenters. The molecule has 3 aromatic heterocycles. The Labute approximate surface area is 213 Å². The first-order valence-corrected chi connectivity index (χ1v) is 13.4. The predicted octanol–water partition coefficient (Wildman–Crippen LogP) is 5.83. The number of oxazole rings is 1. The van der Waals surface area contributed by atoms with Crippen molar-refractivity contribution in [1.82, 2.24) is 14.5 Å². The number of benzene rings is 1. The largest absolute Gasteiger partial charge is 0.445 e. The zero-order valence-electron chi connectivity index (χ0n) is 20.5. The first-order chi connectivity index (χ1) is 16.7. The van der Waals surface area contributed by atoms with Crippen LogP contribution in [-0.2, 0) is 30.4 Å². The van der Waals surface area contributed by atoms with Gasteiger partial charge in [-0.3, -0.25) is 9.59 Å². The number of nitrogens with zero attached hydrogens (tertiary/aromatic N) is 3. The van der Waals surface area contributed by atoms with Crippen LogP contribution in [0.4, 0.5) is 5.13 Å². The maximum absolute atomic E-state index is 12.6. The summed E-state index contributed by atoms with van der Waals surface area (Å²) in [4.78, 5) is 33.7. The van der Waals surface area contributed by atoms with Crippen molar-refractivity contribution in [1.29, 1.82) is 0 Å². The number of aromatic nitrogens is 3. The van der Waals surface area contributed by atoms with Crippen molar-refractivity contribution in [2.75, 3.05) is 5.32 Å². The molecular weight excluding hydrogens is 480 g/mol. The number of pyridine rings is 1. The first-order valence-electron chi connectivity index (χ1n) is 11.6. The summed E-state index contributed by atoms with van der Waals surface area (Å²) in [6, 6.07) is 9.60. The average molecular weight is 511 g/mol. The van der Waals surface area contributed by atoms with Crippen LogP contribution in [-0.4, -0.2) is 20.4 Å². The van der Waals surface area contributed by atoms with E-state index in [1.165, 1.54) is 11.3 Å². The van der Waals surface area contributed by atoms with E-state index in [0.717, 1.165) is 27.5 Å². The molecule has 1 amide bonds. The van der Waals surface area contributed by atoms with Gasteiger partial charge in [-0.1, -0.05) is 50.3 Å². The van der Waals surface area contributed by atoms with E-state index in [1.54, 1.807) is 35.8 Å². The molecule has 0 aliphatic carbocycles. The number of hydrogen-bond acceptors (Lipinski definition) is 7. The lowest BCUT2D eigenvalue weighted by atomic mass is 9.91. The fourth-order valence-electron chi connectivity index (χ4n) is 3.79. The van der Waals surface area contributed by atoms with Crippen molar-refractivity contribution >= 4 is 44.9 Å². The molecular formula is C26H30N4O3S2. The van der Waals surface area contributed by atoms with Gasteiger partial charge in [-0.25, -0.2) is 9.97 Å². The Morgan fingerprint density at radius 2 is 2.00 bits per heavy atom. The number of carbonyl (C=O) groups excluding carboxylic acids is 1. The third-order valence-electron chi connectivity index (χ3n) is 5.46. The Kier molecular flexibility index (Phi) is 7.76. The number of rotatable bonds is 9. The van der Waals surface area contributed by atoms with Crippen LogP contribution < -0.4 is 10.9 Å². The average Bonchev–Trinajstić information content (AvgIpc) is 3.43. The summed E-state index contributed by atoms with van der Waals surface area (Å²) in [6.45, 7) is 6.51. The predicted molar refractivity (Wildman–Crippen MR) is 142 cm³/mol. The monoisotopic (exact) mass is 510 g/mol. The number of amides is 1. The lowest BCUT2D eigenvalue weighted by molar-refractivity contribution is -0.116. The molecule has 0 aliphatic heterocycles. The van der Waals surface area contributed by atoms with Gasteiger partial charge in [-0.05, 0) is 35.8 Å². The molecule has 184 valence electrons. The minimum Gasteiger partial charge on any atom is -0.445 e. The van der Waals surface area contributed by atoms with Crippen LogP contribution in [0.1, 0.15) is 51.0 Å². The highest BCUT2D eigenvalue weighted by molar-refractivity contribution is 8.00. The van der Waals surface area contributed by atoms with Gasteiger partial charge >= 0.3 is 0 Å². The highest BCUT2D eigenvalue weighted by atomic mass is 32.2. The number of fused-ring (bicyclic) bond motifs is 1. The fraction of sp³-hybridized carbons (Fsp3) is 0.385. The number of nitrogens with one attached hydrogen (secondary N) is 1. The number of carbonyl (C=O) groups is 1. The molecule has 3 heterocycles. The summed E-state index contributed by atoms with van der Waals surface area (Å²) in [5.74, 6) is 2.12. The van der Waals surface area contributed by atoms with Gasteiger partial charge in [0.1, 0.15) is 5.76 Å². The normalized spacial score (nSPS) is 11.8. The second kappa shape index (κ2) is 10.8. The molecule has 35 heavy (non-hydrogen) atoms. The number of thiazole rings is 1. The van der Waals surface area contributed by atoms with Crippen LogP contribution in [0, 0.1) is 5.41 Å².